The molecule has 2 aromatic carbocycles. The lowest BCUT2D eigenvalue weighted by molar-refractivity contribution is -0.138. The van der Waals surface area contributed by atoms with Gasteiger partial charge in [0, 0.05) is 18.2 Å². The van der Waals surface area contributed by atoms with Crippen LogP contribution >= 0.6 is 0 Å². The fraction of sp³-hybridized carbons (Fsp3) is 0.409. The molecule has 27 heavy (non-hydrogen) atoms. The molecular formula is C22H28N2O3. The van der Waals surface area contributed by atoms with Gasteiger partial charge in [-0.2, -0.15) is 0 Å². The minimum absolute atomic E-state index is 0.109. The molecular weight excluding hydrogens is 340 g/mol. The first-order valence-corrected chi connectivity index (χ1v) is 9.43. The molecule has 0 amide bonds. The third-order valence-electron chi connectivity index (χ3n) is 5.35. The van der Waals surface area contributed by atoms with E-state index in [0.29, 0.717) is 6.04 Å². The van der Waals surface area contributed by atoms with Crippen LogP contribution in [0.15, 0.2) is 48.5 Å². The number of hydrogen-bond acceptors (Lipinski definition) is 4. The fourth-order valence-corrected chi connectivity index (χ4v) is 3.81. The summed E-state index contributed by atoms with van der Waals surface area (Å²) in [5, 5.41) is 8.97. The molecule has 1 aliphatic rings. The van der Waals surface area contributed by atoms with Crippen molar-refractivity contribution < 1.29 is 14.6 Å². The summed E-state index contributed by atoms with van der Waals surface area (Å²) >= 11 is 0. The highest BCUT2D eigenvalue weighted by molar-refractivity contribution is 5.69. The molecule has 1 N–H and O–H groups in total. The lowest BCUT2D eigenvalue weighted by atomic mass is 10.00. The molecule has 1 fully saturated rings. The first kappa shape index (κ1) is 19.4. The van der Waals surface area contributed by atoms with Gasteiger partial charge in [0.25, 0.3) is 0 Å². The van der Waals surface area contributed by atoms with Crippen LogP contribution in [0.4, 0.5) is 0 Å². The average molecular weight is 368 g/mol. The van der Waals surface area contributed by atoms with Crippen molar-refractivity contribution in [2.24, 2.45) is 0 Å². The molecule has 3 rings (SSSR count). The number of piperidine rings is 1. The van der Waals surface area contributed by atoms with E-state index >= 15 is 0 Å². The zero-order valence-corrected chi connectivity index (χ0v) is 16.1. The summed E-state index contributed by atoms with van der Waals surface area (Å²) < 4.78 is 5.58. The van der Waals surface area contributed by atoms with E-state index in [0.717, 1.165) is 38.2 Å². The zero-order chi connectivity index (χ0) is 19.2. The molecule has 5 nitrogen and oxygen atoms in total. The number of ether oxygens (including phenoxy) is 1. The number of nitrogens with zero attached hydrogens (tertiary/aromatic N) is 2. The molecule has 1 heterocycles. The van der Waals surface area contributed by atoms with E-state index in [4.69, 9.17) is 9.84 Å². The monoisotopic (exact) mass is 368 g/mol. The molecule has 1 aliphatic heterocycles. The fourth-order valence-electron chi connectivity index (χ4n) is 3.81. The summed E-state index contributed by atoms with van der Waals surface area (Å²) in [6.07, 6.45) is 1.98. The average Bonchev–Trinajstić information content (AvgIpc) is 2.68. The Morgan fingerprint density at radius 2 is 1.85 bits per heavy atom. The van der Waals surface area contributed by atoms with Crippen LogP contribution in [0.1, 0.15) is 18.4 Å². The van der Waals surface area contributed by atoms with Gasteiger partial charge in [0.1, 0.15) is 5.75 Å². The van der Waals surface area contributed by atoms with Crippen molar-refractivity contribution in [3.8, 4) is 16.9 Å². The Morgan fingerprint density at radius 3 is 2.48 bits per heavy atom. The van der Waals surface area contributed by atoms with Gasteiger partial charge >= 0.3 is 5.97 Å². The van der Waals surface area contributed by atoms with E-state index in [-0.39, 0.29) is 6.54 Å². The van der Waals surface area contributed by atoms with Crippen molar-refractivity contribution in [3.63, 3.8) is 0 Å². The number of likely N-dealkylation sites (tertiary alicyclic amines) is 1. The summed E-state index contributed by atoms with van der Waals surface area (Å²) in [7, 11) is 3.62. The highest BCUT2D eigenvalue weighted by atomic mass is 16.5. The van der Waals surface area contributed by atoms with Crippen molar-refractivity contribution in [3.05, 3.63) is 54.1 Å². The Morgan fingerprint density at radius 1 is 1.15 bits per heavy atom. The quantitative estimate of drug-likeness (QED) is 0.812. The van der Waals surface area contributed by atoms with Crippen LogP contribution in [0.2, 0.25) is 0 Å². The molecule has 1 saturated heterocycles. The molecule has 0 bridgehead atoms. The molecule has 0 aliphatic carbocycles. The molecule has 2 aromatic rings. The van der Waals surface area contributed by atoms with Gasteiger partial charge in [0.2, 0.25) is 0 Å². The van der Waals surface area contributed by atoms with Gasteiger partial charge < -0.3 is 9.84 Å². The maximum Gasteiger partial charge on any atom is 0.317 e. The second kappa shape index (κ2) is 9.02. The number of hydrogen-bond donors (Lipinski definition) is 1. The highest BCUT2D eigenvalue weighted by Gasteiger charge is 2.24. The van der Waals surface area contributed by atoms with E-state index in [1.165, 1.54) is 16.7 Å². The Bertz CT molecular complexity index is 755. The topological polar surface area (TPSA) is 53.0 Å². The summed E-state index contributed by atoms with van der Waals surface area (Å²) in [4.78, 5) is 15.3. The standard InChI is InChI=1S/C22H28N2O3/c1-23(16-22(25)26)20-10-12-24(13-11-20)15-19-14-18(8-9-21(19)27-2)17-6-4-3-5-7-17/h3-9,14,20H,10-13,15-16H2,1-2H3,(H,25,26). The molecule has 0 unspecified atom stereocenters. The normalized spacial score (nSPS) is 15.8. The van der Waals surface area contributed by atoms with Crippen LogP contribution in [-0.2, 0) is 11.3 Å². The Labute approximate surface area is 161 Å². The first-order valence-electron chi connectivity index (χ1n) is 9.43. The molecule has 144 valence electrons. The molecule has 0 radical (unpaired) electrons. The highest BCUT2D eigenvalue weighted by Crippen LogP contribution is 2.28. The number of benzene rings is 2. The van der Waals surface area contributed by atoms with Crippen LogP contribution in [0.25, 0.3) is 11.1 Å². The Kier molecular flexibility index (Phi) is 6.48. The lowest BCUT2D eigenvalue weighted by Gasteiger charge is -2.36. The van der Waals surface area contributed by atoms with E-state index in [1.807, 2.05) is 24.1 Å². The molecule has 0 atom stereocenters. The second-order valence-corrected chi connectivity index (χ2v) is 7.21. The number of methoxy groups -OCH3 is 1. The van der Waals surface area contributed by atoms with E-state index in [9.17, 15) is 4.79 Å². The largest absolute Gasteiger partial charge is 0.496 e. The Balaban J connectivity index is 1.66. The molecule has 0 aromatic heterocycles. The molecule has 5 heteroatoms. The van der Waals surface area contributed by atoms with Crippen molar-refractivity contribution >= 4 is 5.97 Å². The summed E-state index contributed by atoms with van der Waals surface area (Å²) in [6, 6.07) is 17.1. The minimum atomic E-state index is -0.762. The van der Waals surface area contributed by atoms with Crippen LogP contribution in [-0.4, -0.2) is 60.7 Å². The number of aliphatic carboxylic acids is 1. The summed E-state index contributed by atoms with van der Waals surface area (Å²) in [5.74, 6) is 0.155. The third-order valence-corrected chi connectivity index (χ3v) is 5.35. The van der Waals surface area contributed by atoms with Gasteiger partial charge in [-0.25, -0.2) is 0 Å². The van der Waals surface area contributed by atoms with E-state index in [1.54, 1.807) is 7.11 Å². The number of carbonyl (C=O) groups is 1. The number of rotatable bonds is 7. The summed E-state index contributed by atoms with van der Waals surface area (Å²) in [5.41, 5.74) is 3.59. The SMILES string of the molecule is COc1ccc(-c2ccccc2)cc1CN1CCC(N(C)CC(=O)O)CC1. The number of carboxylic acids is 1. The van der Waals surface area contributed by atoms with Crippen LogP contribution in [0.5, 0.6) is 5.75 Å². The third kappa shape index (κ3) is 5.08. The van der Waals surface area contributed by atoms with Crippen LogP contribution in [0, 0.1) is 0 Å². The van der Waals surface area contributed by atoms with Crippen LogP contribution < -0.4 is 4.74 Å². The van der Waals surface area contributed by atoms with E-state index < -0.39 is 5.97 Å². The maximum atomic E-state index is 10.9. The van der Waals surface area contributed by atoms with Gasteiger partial charge in [0.15, 0.2) is 0 Å². The van der Waals surface area contributed by atoms with Crippen molar-refractivity contribution in [1.29, 1.82) is 0 Å². The zero-order valence-electron chi connectivity index (χ0n) is 16.1. The maximum absolute atomic E-state index is 10.9. The first-order chi connectivity index (χ1) is 13.1. The van der Waals surface area contributed by atoms with Crippen molar-refractivity contribution in [1.82, 2.24) is 9.80 Å². The van der Waals surface area contributed by atoms with Gasteiger partial charge in [0.05, 0.1) is 13.7 Å². The van der Waals surface area contributed by atoms with Crippen molar-refractivity contribution in [2.45, 2.75) is 25.4 Å². The van der Waals surface area contributed by atoms with Crippen molar-refractivity contribution in [2.75, 3.05) is 33.8 Å². The molecule has 0 spiro atoms. The Hall–Kier alpha value is -2.37. The smallest absolute Gasteiger partial charge is 0.317 e. The number of likely N-dealkylation sites (N-methyl/N-ethyl adjacent to an activating group) is 1. The molecule has 0 saturated carbocycles. The predicted octanol–water partition coefficient (Wildman–Crippen LogP) is 3.34. The summed E-state index contributed by atoms with van der Waals surface area (Å²) in [6.45, 7) is 2.89. The second-order valence-electron chi connectivity index (χ2n) is 7.21. The predicted molar refractivity (Wildman–Crippen MR) is 107 cm³/mol. The van der Waals surface area contributed by atoms with Gasteiger partial charge in [-0.3, -0.25) is 14.6 Å². The van der Waals surface area contributed by atoms with Gasteiger partial charge in [-0.05, 0) is 56.2 Å². The van der Waals surface area contributed by atoms with Crippen LogP contribution in [0.3, 0.4) is 0 Å². The van der Waals surface area contributed by atoms with Gasteiger partial charge in [-0.1, -0.05) is 36.4 Å². The van der Waals surface area contributed by atoms with E-state index in [2.05, 4.69) is 41.3 Å². The lowest BCUT2D eigenvalue weighted by Crippen LogP contribution is -2.44. The number of carboxylic acid groups (broad SMARTS) is 1. The minimum Gasteiger partial charge on any atom is -0.496 e. The van der Waals surface area contributed by atoms with Gasteiger partial charge in [-0.15, -0.1) is 0 Å².